The van der Waals surface area contributed by atoms with Crippen LogP contribution >= 0.6 is 0 Å². The van der Waals surface area contributed by atoms with Crippen molar-refractivity contribution in [2.24, 2.45) is 0 Å². The lowest BCUT2D eigenvalue weighted by Crippen LogP contribution is -2.39. The number of carbonyl (C=O) groups is 1. The maximum Gasteiger partial charge on any atom is 0.247 e. The molecule has 1 aliphatic rings. The largest absolute Gasteiger partial charge is 0.331 e. The number of sulfone groups is 1. The van der Waals surface area contributed by atoms with Gasteiger partial charge in [-0.3, -0.25) is 4.79 Å². The Balaban J connectivity index is 1.81. The SMILES string of the molecule is Cc1ccc(CN(C(=O)/C=C/c2ccccc2)C2CCS(=O)(=O)C2)cc1. The van der Waals surface area contributed by atoms with E-state index in [1.807, 2.05) is 61.5 Å². The fourth-order valence-electron chi connectivity index (χ4n) is 3.13. The van der Waals surface area contributed by atoms with Gasteiger partial charge in [0, 0.05) is 18.7 Å². The topological polar surface area (TPSA) is 54.5 Å². The Morgan fingerprint density at radius 1 is 1.12 bits per heavy atom. The van der Waals surface area contributed by atoms with Crippen LogP contribution < -0.4 is 0 Å². The fourth-order valence-corrected chi connectivity index (χ4v) is 4.86. The third-order valence-corrected chi connectivity index (χ3v) is 6.37. The average molecular weight is 369 g/mol. The van der Waals surface area contributed by atoms with E-state index in [9.17, 15) is 13.2 Å². The van der Waals surface area contributed by atoms with E-state index in [1.165, 1.54) is 6.08 Å². The molecule has 136 valence electrons. The van der Waals surface area contributed by atoms with Crippen molar-refractivity contribution in [3.05, 3.63) is 77.4 Å². The van der Waals surface area contributed by atoms with Crippen molar-refractivity contribution in [2.75, 3.05) is 11.5 Å². The lowest BCUT2D eigenvalue weighted by Gasteiger charge is -2.27. The summed E-state index contributed by atoms with van der Waals surface area (Å²) in [6.45, 7) is 2.43. The van der Waals surface area contributed by atoms with Crippen LogP contribution in [0.3, 0.4) is 0 Å². The van der Waals surface area contributed by atoms with E-state index in [4.69, 9.17) is 0 Å². The Kier molecular flexibility index (Phi) is 5.57. The number of aryl methyl sites for hydroxylation is 1. The molecular weight excluding hydrogens is 346 g/mol. The summed E-state index contributed by atoms with van der Waals surface area (Å²) in [5, 5.41) is 0. The molecule has 26 heavy (non-hydrogen) atoms. The van der Waals surface area contributed by atoms with Crippen LogP contribution in [0.1, 0.15) is 23.1 Å². The van der Waals surface area contributed by atoms with Gasteiger partial charge >= 0.3 is 0 Å². The van der Waals surface area contributed by atoms with Gasteiger partial charge in [0.25, 0.3) is 0 Å². The molecule has 1 saturated heterocycles. The third-order valence-electron chi connectivity index (χ3n) is 4.62. The zero-order valence-electron chi connectivity index (χ0n) is 14.8. The van der Waals surface area contributed by atoms with Crippen molar-refractivity contribution in [1.82, 2.24) is 4.90 Å². The van der Waals surface area contributed by atoms with E-state index in [-0.39, 0.29) is 23.5 Å². The Morgan fingerprint density at radius 2 is 1.81 bits per heavy atom. The van der Waals surface area contributed by atoms with Gasteiger partial charge in [-0.15, -0.1) is 0 Å². The van der Waals surface area contributed by atoms with Crippen molar-refractivity contribution in [3.8, 4) is 0 Å². The second kappa shape index (κ2) is 7.87. The summed E-state index contributed by atoms with van der Waals surface area (Å²) in [6, 6.07) is 17.3. The molecule has 0 spiro atoms. The van der Waals surface area contributed by atoms with Gasteiger partial charge < -0.3 is 4.90 Å². The number of carbonyl (C=O) groups excluding carboxylic acids is 1. The van der Waals surface area contributed by atoms with Gasteiger partial charge in [-0.25, -0.2) is 8.42 Å². The summed E-state index contributed by atoms with van der Waals surface area (Å²) in [7, 11) is -3.06. The lowest BCUT2D eigenvalue weighted by atomic mass is 10.1. The number of benzene rings is 2. The minimum Gasteiger partial charge on any atom is -0.331 e. The summed E-state index contributed by atoms with van der Waals surface area (Å²) in [5.74, 6) is 0.0400. The van der Waals surface area contributed by atoms with Crippen LogP contribution in [-0.2, 0) is 21.2 Å². The molecule has 0 saturated carbocycles. The minimum atomic E-state index is -3.06. The van der Waals surface area contributed by atoms with E-state index >= 15 is 0 Å². The second-order valence-electron chi connectivity index (χ2n) is 6.75. The molecule has 1 heterocycles. The van der Waals surface area contributed by atoms with Crippen molar-refractivity contribution in [2.45, 2.75) is 25.9 Å². The molecule has 1 atom stereocenters. The second-order valence-corrected chi connectivity index (χ2v) is 8.98. The minimum absolute atomic E-state index is 0.0454. The fraction of sp³-hybridized carbons (Fsp3) is 0.286. The van der Waals surface area contributed by atoms with E-state index in [0.717, 1.165) is 16.7 Å². The predicted molar refractivity (Wildman–Crippen MR) is 104 cm³/mol. The van der Waals surface area contributed by atoms with Gasteiger partial charge in [-0.1, -0.05) is 60.2 Å². The van der Waals surface area contributed by atoms with E-state index in [1.54, 1.807) is 11.0 Å². The molecule has 2 aromatic rings. The monoisotopic (exact) mass is 369 g/mol. The first kappa shape index (κ1) is 18.4. The summed E-state index contributed by atoms with van der Waals surface area (Å²) < 4.78 is 23.8. The van der Waals surface area contributed by atoms with Gasteiger partial charge in [0.15, 0.2) is 9.84 Å². The van der Waals surface area contributed by atoms with Crippen LogP contribution in [0.5, 0.6) is 0 Å². The van der Waals surface area contributed by atoms with E-state index < -0.39 is 9.84 Å². The molecule has 3 rings (SSSR count). The normalized spacial score (nSPS) is 18.9. The van der Waals surface area contributed by atoms with E-state index in [0.29, 0.717) is 13.0 Å². The molecule has 1 amide bonds. The molecule has 0 aromatic heterocycles. The Hall–Kier alpha value is -2.40. The van der Waals surface area contributed by atoms with Crippen molar-refractivity contribution < 1.29 is 13.2 Å². The Labute approximate surface area is 155 Å². The maximum atomic E-state index is 12.8. The molecule has 0 bridgehead atoms. The quantitative estimate of drug-likeness (QED) is 0.761. The van der Waals surface area contributed by atoms with Crippen molar-refractivity contribution in [3.63, 3.8) is 0 Å². The Bertz CT molecular complexity index is 887. The van der Waals surface area contributed by atoms with Crippen LogP contribution in [0, 0.1) is 6.92 Å². The predicted octanol–water partition coefficient (Wildman–Crippen LogP) is 3.22. The highest BCUT2D eigenvalue weighted by Crippen LogP contribution is 2.21. The molecule has 0 aliphatic carbocycles. The molecular formula is C21H23NO3S. The Morgan fingerprint density at radius 3 is 2.42 bits per heavy atom. The molecule has 5 heteroatoms. The van der Waals surface area contributed by atoms with Crippen LogP contribution in [0.15, 0.2) is 60.7 Å². The molecule has 0 radical (unpaired) electrons. The van der Waals surface area contributed by atoms with Gasteiger partial charge in [0.1, 0.15) is 0 Å². The van der Waals surface area contributed by atoms with Crippen LogP contribution in [0.2, 0.25) is 0 Å². The van der Waals surface area contributed by atoms with Gasteiger partial charge in [0.2, 0.25) is 5.91 Å². The average Bonchev–Trinajstić information content (AvgIpc) is 2.99. The van der Waals surface area contributed by atoms with Gasteiger partial charge in [-0.05, 0) is 30.5 Å². The smallest absolute Gasteiger partial charge is 0.247 e. The number of hydrogen-bond donors (Lipinski definition) is 0. The van der Waals surface area contributed by atoms with Crippen LogP contribution in [-0.4, -0.2) is 36.8 Å². The third kappa shape index (κ3) is 4.82. The highest BCUT2D eigenvalue weighted by Gasteiger charge is 2.34. The molecule has 2 aromatic carbocycles. The van der Waals surface area contributed by atoms with Crippen LogP contribution in [0.25, 0.3) is 6.08 Å². The summed E-state index contributed by atoms with van der Waals surface area (Å²) >= 11 is 0. The number of nitrogens with zero attached hydrogens (tertiary/aromatic N) is 1. The molecule has 0 N–H and O–H groups in total. The first-order valence-electron chi connectivity index (χ1n) is 8.73. The van der Waals surface area contributed by atoms with Crippen LogP contribution in [0.4, 0.5) is 0 Å². The summed E-state index contributed by atoms with van der Waals surface area (Å²) in [6.07, 6.45) is 3.81. The standard InChI is InChI=1S/C21H23NO3S/c1-17-7-9-19(10-8-17)15-22(20-13-14-26(24,25)16-20)21(23)12-11-18-5-3-2-4-6-18/h2-12,20H,13-16H2,1H3/b12-11+. The zero-order valence-corrected chi connectivity index (χ0v) is 15.7. The number of hydrogen-bond acceptors (Lipinski definition) is 3. The highest BCUT2D eigenvalue weighted by atomic mass is 32.2. The van der Waals surface area contributed by atoms with Gasteiger partial charge in [0.05, 0.1) is 11.5 Å². The first-order chi connectivity index (χ1) is 12.4. The molecule has 1 aliphatic heterocycles. The molecule has 1 unspecified atom stereocenters. The maximum absolute atomic E-state index is 12.8. The zero-order chi connectivity index (χ0) is 18.6. The highest BCUT2D eigenvalue weighted by molar-refractivity contribution is 7.91. The van der Waals surface area contributed by atoms with Crippen molar-refractivity contribution >= 4 is 21.8 Å². The summed E-state index contributed by atoms with van der Waals surface area (Å²) in [4.78, 5) is 14.5. The van der Waals surface area contributed by atoms with Gasteiger partial charge in [-0.2, -0.15) is 0 Å². The summed E-state index contributed by atoms with van der Waals surface area (Å²) in [5.41, 5.74) is 3.09. The molecule has 4 nitrogen and oxygen atoms in total. The van der Waals surface area contributed by atoms with E-state index in [2.05, 4.69) is 0 Å². The number of amides is 1. The first-order valence-corrected chi connectivity index (χ1v) is 10.5. The number of rotatable bonds is 5. The van der Waals surface area contributed by atoms with Crippen molar-refractivity contribution in [1.29, 1.82) is 0 Å². The molecule has 1 fully saturated rings. The lowest BCUT2D eigenvalue weighted by molar-refractivity contribution is -0.128.